The maximum Gasteiger partial charge on any atom is 0.275 e. The number of fused-ring (bicyclic) bond motifs is 1. The Morgan fingerprint density at radius 3 is 2.41 bits per heavy atom. The number of anilines is 1. The van der Waals surface area contributed by atoms with E-state index >= 15 is 8.78 Å². The van der Waals surface area contributed by atoms with Gasteiger partial charge in [-0.25, -0.2) is 23.2 Å². The normalized spacial score (nSPS) is 16.5. The van der Waals surface area contributed by atoms with E-state index in [0.717, 1.165) is 49.4 Å². The smallest absolute Gasteiger partial charge is 0.275 e. The maximum absolute atomic E-state index is 15.2. The second kappa shape index (κ2) is 14.1. The Hall–Kier alpha value is -4.22. The minimum absolute atomic E-state index is 0.0519. The summed E-state index contributed by atoms with van der Waals surface area (Å²) in [6.45, 7) is 10.5. The molecule has 2 aliphatic rings. The second-order valence-corrected chi connectivity index (χ2v) is 15.0. The van der Waals surface area contributed by atoms with Crippen LogP contribution >= 0.6 is 11.8 Å². The summed E-state index contributed by atoms with van der Waals surface area (Å²) in [4.78, 5) is 28.3. The number of aromatic nitrogens is 3. The first kappa shape index (κ1) is 35.2. The van der Waals surface area contributed by atoms with Crippen LogP contribution in [-0.2, 0) is 12.0 Å². The average Bonchev–Trinajstić information content (AvgIpc) is 3.57. The highest BCUT2D eigenvalue weighted by molar-refractivity contribution is 6.39. The van der Waals surface area contributed by atoms with Gasteiger partial charge >= 0.3 is 0 Å². The van der Waals surface area contributed by atoms with Crippen LogP contribution in [0.1, 0.15) is 66.6 Å². The zero-order chi connectivity index (χ0) is 35.9. The summed E-state index contributed by atoms with van der Waals surface area (Å²) in [6, 6.07) is 16.8. The molecule has 266 valence electrons. The third-order valence-corrected chi connectivity index (χ3v) is 11.2. The lowest BCUT2D eigenvalue weighted by Gasteiger charge is -2.44. The van der Waals surface area contributed by atoms with Crippen LogP contribution in [0.3, 0.4) is 0 Å². The summed E-state index contributed by atoms with van der Waals surface area (Å²) >= 11 is 6.50. The van der Waals surface area contributed by atoms with E-state index in [2.05, 4.69) is 49.4 Å². The van der Waals surface area contributed by atoms with E-state index in [9.17, 15) is 9.90 Å². The molecular weight excluding hydrogens is 670 g/mol. The van der Waals surface area contributed by atoms with Gasteiger partial charge in [-0.15, -0.1) is 0 Å². The van der Waals surface area contributed by atoms with E-state index in [-0.39, 0.29) is 11.3 Å². The fourth-order valence-corrected chi connectivity index (χ4v) is 7.82. The number of likely N-dealkylation sites (tertiary alicyclic amines) is 1. The van der Waals surface area contributed by atoms with Crippen LogP contribution < -0.4 is 9.74 Å². The van der Waals surface area contributed by atoms with Crippen molar-refractivity contribution in [3.8, 4) is 22.5 Å². The minimum atomic E-state index is -1.30. The number of amides is 1. The van der Waals surface area contributed by atoms with Gasteiger partial charge in [0.1, 0.15) is 23.6 Å². The summed E-state index contributed by atoms with van der Waals surface area (Å²) in [5.41, 5.74) is 4.34. The van der Waals surface area contributed by atoms with Crippen LogP contribution in [0.15, 0.2) is 67.0 Å². The first-order valence-corrected chi connectivity index (χ1v) is 17.9. The summed E-state index contributed by atoms with van der Waals surface area (Å²) < 4.78 is 30.9. The van der Waals surface area contributed by atoms with Gasteiger partial charge in [-0.3, -0.25) is 4.79 Å². The molecule has 0 aliphatic carbocycles. The molecule has 11 heteroatoms. The monoisotopic (exact) mass is 712 g/mol. The molecule has 5 aromatic rings. The van der Waals surface area contributed by atoms with Crippen molar-refractivity contribution in [1.29, 1.82) is 0 Å². The van der Waals surface area contributed by atoms with E-state index in [4.69, 9.17) is 11.8 Å². The highest BCUT2D eigenvalue weighted by Gasteiger charge is 2.35. The molecule has 4 heterocycles. The fourth-order valence-electron chi connectivity index (χ4n) is 7.56. The van der Waals surface area contributed by atoms with Crippen LogP contribution in [-0.4, -0.2) is 63.6 Å². The standard InChI is InChI=1S/C40H43ClF2N6O2/c1-25-31(21-29(42)22-35(25)49(41)38(50)30-9-8-28(20-33(30)43)39(2,3)51)36-32-23-34(47-37(32)46-24-45-36)27-6-4-26(5-7-27)10-17-48-18-13-40(14-19-48)11-15-44-16-12-40/h4-9,20-24,44,51H,10-19H2,1-3H3,(H,45,46,47). The number of nitrogens with one attached hydrogen (secondary N) is 2. The Labute approximate surface area is 302 Å². The molecule has 3 N–H and O–H groups in total. The SMILES string of the molecule is Cc1c(-c2ncnc3[nH]c(-c4ccc(CCN5CCC6(CCNCC6)CC5)cc4)cc23)cc(F)cc1N(Cl)C(=O)c1ccc(C(C)(C)O)cc1F. The molecule has 0 atom stereocenters. The van der Waals surface area contributed by atoms with Gasteiger partial charge in [0.05, 0.1) is 22.5 Å². The van der Waals surface area contributed by atoms with Crippen molar-refractivity contribution in [1.82, 2.24) is 25.2 Å². The Morgan fingerprint density at radius 1 is 1.00 bits per heavy atom. The van der Waals surface area contributed by atoms with Crippen molar-refractivity contribution >= 4 is 34.4 Å². The largest absolute Gasteiger partial charge is 0.386 e. The van der Waals surface area contributed by atoms with Crippen LogP contribution in [0.25, 0.3) is 33.5 Å². The number of carbonyl (C=O) groups is 1. The number of aliphatic hydroxyl groups is 1. The van der Waals surface area contributed by atoms with Crippen LogP contribution in [0.5, 0.6) is 0 Å². The third-order valence-electron chi connectivity index (χ3n) is 10.9. The van der Waals surface area contributed by atoms with Crippen molar-refractivity contribution in [2.75, 3.05) is 37.1 Å². The average molecular weight is 713 g/mol. The summed E-state index contributed by atoms with van der Waals surface area (Å²) in [5, 5.41) is 14.4. The van der Waals surface area contributed by atoms with Crippen molar-refractivity contribution < 1.29 is 18.7 Å². The lowest BCUT2D eigenvalue weighted by molar-refractivity contribution is 0.0746. The fraction of sp³-hybridized carbons (Fsp3) is 0.375. The van der Waals surface area contributed by atoms with Gasteiger partial charge in [-0.2, -0.15) is 0 Å². The highest BCUT2D eigenvalue weighted by atomic mass is 35.5. The Kier molecular flexibility index (Phi) is 9.71. The van der Waals surface area contributed by atoms with Gasteiger partial charge in [-0.1, -0.05) is 30.3 Å². The molecule has 8 nitrogen and oxygen atoms in total. The van der Waals surface area contributed by atoms with Gasteiger partial charge in [0.2, 0.25) is 0 Å². The van der Waals surface area contributed by atoms with E-state index in [1.165, 1.54) is 82.7 Å². The number of benzene rings is 3. The second-order valence-electron chi connectivity index (χ2n) is 14.6. The van der Waals surface area contributed by atoms with Crippen molar-refractivity contribution in [3.63, 3.8) is 0 Å². The number of rotatable bonds is 8. The number of H-pyrrole nitrogens is 1. The van der Waals surface area contributed by atoms with Crippen LogP contribution in [0.4, 0.5) is 14.5 Å². The molecule has 2 fully saturated rings. The zero-order valence-corrected chi connectivity index (χ0v) is 30.0. The molecule has 51 heavy (non-hydrogen) atoms. The van der Waals surface area contributed by atoms with Gasteiger partial charge in [0.25, 0.3) is 5.91 Å². The van der Waals surface area contributed by atoms with E-state index in [1.807, 2.05) is 6.07 Å². The van der Waals surface area contributed by atoms with Crippen molar-refractivity contribution in [2.24, 2.45) is 5.41 Å². The predicted molar refractivity (Wildman–Crippen MR) is 198 cm³/mol. The number of halogens is 3. The lowest BCUT2D eigenvalue weighted by Crippen LogP contribution is -2.45. The number of nitrogens with zero attached hydrogens (tertiary/aromatic N) is 4. The number of hydrogen-bond acceptors (Lipinski definition) is 6. The highest BCUT2D eigenvalue weighted by Crippen LogP contribution is 2.40. The molecule has 0 radical (unpaired) electrons. The summed E-state index contributed by atoms with van der Waals surface area (Å²) in [7, 11) is 0. The molecule has 0 unspecified atom stereocenters. The Balaban J connectivity index is 1.09. The van der Waals surface area contributed by atoms with Gasteiger partial charge in [-0.05, 0) is 137 Å². The van der Waals surface area contributed by atoms with Crippen molar-refractivity contribution in [2.45, 2.75) is 58.5 Å². The summed E-state index contributed by atoms with van der Waals surface area (Å²) in [5.74, 6) is -2.37. The number of aromatic amines is 1. The molecule has 0 saturated carbocycles. The van der Waals surface area contributed by atoms with Gasteiger partial charge in [0.15, 0.2) is 0 Å². The minimum Gasteiger partial charge on any atom is -0.386 e. The van der Waals surface area contributed by atoms with E-state index in [1.54, 1.807) is 6.92 Å². The zero-order valence-electron chi connectivity index (χ0n) is 29.2. The number of hydrogen-bond donors (Lipinski definition) is 3. The van der Waals surface area contributed by atoms with E-state index < -0.39 is 23.1 Å². The molecule has 3 aromatic carbocycles. The van der Waals surface area contributed by atoms with Gasteiger partial charge < -0.3 is 20.3 Å². The summed E-state index contributed by atoms with van der Waals surface area (Å²) in [6.07, 6.45) is 7.62. The predicted octanol–water partition coefficient (Wildman–Crippen LogP) is 7.91. The molecule has 1 amide bonds. The number of carbonyl (C=O) groups excluding carboxylic acids is 1. The topological polar surface area (TPSA) is 97.4 Å². The molecule has 7 rings (SSSR count). The molecule has 2 aromatic heterocycles. The lowest BCUT2D eigenvalue weighted by atomic mass is 9.71. The molecule has 1 spiro atoms. The van der Waals surface area contributed by atoms with Crippen LogP contribution in [0, 0.1) is 24.0 Å². The van der Waals surface area contributed by atoms with Gasteiger partial charge in [0, 0.05) is 35.0 Å². The van der Waals surface area contributed by atoms with Crippen LogP contribution in [0.2, 0.25) is 0 Å². The first-order chi connectivity index (χ1) is 24.4. The Bertz CT molecular complexity index is 2060. The van der Waals surface area contributed by atoms with Crippen molar-refractivity contribution in [3.05, 3.63) is 101 Å². The quantitative estimate of drug-likeness (QED) is 0.142. The maximum atomic E-state index is 15.2. The molecule has 2 aliphatic heterocycles. The molecular formula is C40H43ClF2N6O2. The molecule has 2 saturated heterocycles. The number of piperidine rings is 2. The Morgan fingerprint density at radius 2 is 1.73 bits per heavy atom. The third kappa shape index (κ3) is 7.28. The van der Waals surface area contributed by atoms with E-state index in [0.29, 0.717) is 43.3 Å². The molecule has 0 bridgehead atoms. The first-order valence-electron chi connectivity index (χ1n) is 17.6.